The third kappa shape index (κ3) is 3.30. The maximum atomic E-state index is 8.78. The van der Waals surface area contributed by atoms with E-state index in [4.69, 9.17) is 28.5 Å². The lowest BCUT2D eigenvalue weighted by atomic mass is 10.1. The first-order valence-corrected chi connectivity index (χ1v) is 5.52. The normalized spacial score (nSPS) is 11.9. The van der Waals surface area contributed by atoms with Crippen LogP contribution >= 0.6 is 23.2 Å². The molecule has 0 amide bonds. The maximum Gasteiger partial charge on any atom is 0.0823 e. The highest BCUT2D eigenvalue weighted by Gasteiger charge is 2.07. The van der Waals surface area contributed by atoms with Gasteiger partial charge in [-0.25, -0.2) is 0 Å². The summed E-state index contributed by atoms with van der Waals surface area (Å²) in [6.45, 7) is 2.57. The number of halogens is 2. The van der Waals surface area contributed by atoms with Gasteiger partial charge in [-0.15, -0.1) is 0 Å². The van der Waals surface area contributed by atoms with E-state index in [1.54, 1.807) is 6.07 Å². The van der Waals surface area contributed by atoms with Gasteiger partial charge < -0.3 is 5.32 Å². The molecule has 4 heteroatoms. The summed E-state index contributed by atoms with van der Waals surface area (Å²) in [5.74, 6) is 0.0000447. The van der Waals surface area contributed by atoms with Crippen molar-refractivity contribution in [2.24, 2.45) is 5.92 Å². The molecule has 2 nitrogen and oxygen atoms in total. The standard InChI is InChI=1S/C11H12Cl2N2/c1-2-8(6-14)7-15-10-5-3-4-9(12)11(10)13/h3-5,8,15H,2,7H2,1H3. The molecule has 15 heavy (non-hydrogen) atoms. The zero-order chi connectivity index (χ0) is 11.3. The molecule has 0 saturated heterocycles. The number of hydrogen-bond donors (Lipinski definition) is 1. The quantitative estimate of drug-likeness (QED) is 0.868. The zero-order valence-electron chi connectivity index (χ0n) is 8.43. The van der Waals surface area contributed by atoms with Crippen molar-refractivity contribution in [1.29, 1.82) is 5.26 Å². The van der Waals surface area contributed by atoms with Crippen LogP contribution in [0.1, 0.15) is 13.3 Å². The number of hydrogen-bond acceptors (Lipinski definition) is 2. The molecule has 1 aromatic carbocycles. The van der Waals surface area contributed by atoms with Gasteiger partial charge >= 0.3 is 0 Å². The molecule has 1 atom stereocenters. The highest BCUT2D eigenvalue weighted by Crippen LogP contribution is 2.29. The van der Waals surface area contributed by atoms with Gasteiger partial charge in [0.05, 0.1) is 27.7 Å². The van der Waals surface area contributed by atoms with Crippen LogP contribution in [0.15, 0.2) is 18.2 Å². The van der Waals surface area contributed by atoms with Crippen LogP contribution in [0.4, 0.5) is 5.69 Å². The number of nitriles is 1. The van der Waals surface area contributed by atoms with Crippen molar-refractivity contribution in [3.63, 3.8) is 0 Å². The highest BCUT2D eigenvalue weighted by atomic mass is 35.5. The van der Waals surface area contributed by atoms with E-state index < -0.39 is 0 Å². The molecule has 0 aliphatic carbocycles. The minimum Gasteiger partial charge on any atom is -0.382 e. The summed E-state index contributed by atoms with van der Waals surface area (Å²) < 4.78 is 0. The first-order valence-electron chi connectivity index (χ1n) is 4.76. The molecule has 0 aromatic heterocycles. The molecule has 0 radical (unpaired) electrons. The summed E-state index contributed by atoms with van der Waals surface area (Å²) in [7, 11) is 0. The fourth-order valence-corrected chi connectivity index (χ4v) is 1.52. The monoisotopic (exact) mass is 242 g/mol. The second-order valence-electron chi connectivity index (χ2n) is 3.22. The smallest absolute Gasteiger partial charge is 0.0823 e. The summed E-state index contributed by atoms with van der Waals surface area (Å²) in [5, 5.41) is 12.9. The van der Waals surface area contributed by atoms with E-state index in [2.05, 4.69) is 11.4 Å². The van der Waals surface area contributed by atoms with E-state index in [9.17, 15) is 0 Å². The summed E-state index contributed by atoms with van der Waals surface area (Å²) >= 11 is 11.8. The molecule has 0 saturated carbocycles. The van der Waals surface area contributed by atoms with Crippen LogP contribution in [0.5, 0.6) is 0 Å². The maximum absolute atomic E-state index is 8.78. The van der Waals surface area contributed by atoms with Crippen LogP contribution in [0, 0.1) is 17.2 Å². The lowest BCUT2D eigenvalue weighted by Crippen LogP contribution is -2.11. The molecule has 0 fully saturated rings. The zero-order valence-corrected chi connectivity index (χ0v) is 9.94. The molecule has 0 heterocycles. The van der Waals surface area contributed by atoms with Crippen molar-refractivity contribution in [3.8, 4) is 6.07 Å². The van der Waals surface area contributed by atoms with E-state index >= 15 is 0 Å². The van der Waals surface area contributed by atoms with Gasteiger partial charge in [-0.1, -0.05) is 36.2 Å². The first-order chi connectivity index (χ1) is 7.19. The summed E-state index contributed by atoms with van der Waals surface area (Å²) in [6.07, 6.45) is 0.821. The van der Waals surface area contributed by atoms with E-state index in [-0.39, 0.29) is 5.92 Å². The lowest BCUT2D eigenvalue weighted by molar-refractivity contribution is 0.674. The van der Waals surface area contributed by atoms with Gasteiger partial charge in [0.1, 0.15) is 0 Å². The summed E-state index contributed by atoms with van der Waals surface area (Å²) in [6, 6.07) is 7.62. The topological polar surface area (TPSA) is 35.8 Å². The van der Waals surface area contributed by atoms with E-state index in [0.717, 1.165) is 12.1 Å². The molecular weight excluding hydrogens is 231 g/mol. The van der Waals surface area contributed by atoms with Crippen molar-refractivity contribution < 1.29 is 0 Å². The van der Waals surface area contributed by atoms with Crippen LogP contribution in [0.2, 0.25) is 10.0 Å². The van der Waals surface area contributed by atoms with Crippen LogP contribution in [-0.2, 0) is 0 Å². The number of rotatable bonds is 4. The molecule has 0 spiro atoms. The Labute approximate surface area is 99.8 Å². The lowest BCUT2D eigenvalue weighted by Gasteiger charge is -2.11. The first kappa shape index (κ1) is 12.2. The molecule has 1 unspecified atom stereocenters. The predicted molar refractivity (Wildman–Crippen MR) is 64.3 cm³/mol. The van der Waals surface area contributed by atoms with E-state index in [1.165, 1.54) is 0 Å². The Morgan fingerprint density at radius 1 is 1.47 bits per heavy atom. The van der Waals surface area contributed by atoms with Gasteiger partial charge in [0, 0.05) is 6.54 Å². The van der Waals surface area contributed by atoms with Crippen molar-refractivity contribution in [1.82, 2.24) is 0 Å². The number of nitrogens with zero attached hydrogens (tertiary/aromatic N) is 1. The Balaban J connectivity index is 2.66. The Morgan fingerprint density at radius 2 is 2.20 bits per heavy atom. The molecule has 1 rings (SSSR count). The molecule has 0 aliphatic rings. The van der Waals surface area contributed by atoms with Crippen molar-refractivity contribution in [2.75, 3.05) is 11.9 Å². The fourth-order valence-electron chi connectivity index (χ4n) is 1.15. The molecule has 0 bridgehead atoms. The van der Waals surface area contributed by atoms with Crippen molar-refractivity contribution >= 4 is 28.9 Å². The average molecular weight is 243 g/mol. The average Bonchev–Trinajstić information content (AvgIpc) is 2.25. The Kier molecular flexibility index (Phi) is 4.74. The Hall–Kier alpha value is -0.910. The van der Waals surface area contributed by atoms with E-state index in [1.807, 2.05) is 19.1 Å². The minimum atomic E-state index is 0.0000447. The second-order valence-corrected chi connectivity index (χ2v) is 4.00. The molecule has 80 valence electrons. The Bertz CT molecular complexity index is 371. The van der Waals surface area contributed by atoms with Crippen LogP contribution in [0.3, 0.4) is 0 Å². The Morgan fingerprint density at radius 3 is 2.80 bits per heavy atom. The summed E-state index contributed by atoms with van der Waals surface area (Å²) in [4.78, 5) is 0. The van der Waals surface area contributed by atoms with Gasteiger partial charge in [0.2, 0.25) is 0 Å². The molecule has 1 aromatic rings. The molecule has 0 aliphatic heterocycles. The minimum absolute atomic E-state index is 0.0000447. The number of benzene rings is 1. The highest BCUT2D eigenvalue weighted by molar-refractivity contribution is 6.43. The van der Waals surface area contributed by atoms with E-state index in [0.29, 0.717) is 16.6 Å². The van der Waals surface area contributed by atoms with Crippen molar-refractivity contribution in [2.45, 2.75) is 13.3 Å². The number of nitrogens with one attached hydrogen (secondary N) is 1. The van der Waals surface area contributed by atoms with Gasteiger partial charge in [-0.2, -0.15) is 5.26 Å². The van der Waals surface area contributed by atoms with Gasteiger partial charge in [-0.3, -0.25) is 0 Å². The van der Waals surface area contributed by atoms with Crippen LogP contribution in [0.25, 0.3) is 0 Å². The largest absolute Gasteiger partial charge is 0.382 e. The van der Waals surface area contributed by atoms with Crippen molar-refractivity contribution in [3.05, 3.63) is 28.2 Å². The number of anilines is 1. The molecular formula is C11H12Cl2N2. The third-order valence-corrected chi connectivity index (χ3v) is 2.98. The fraction of sp³-hybridized carbons (Fsp3) is 0.364. The van der Waals surface area contributed by atoms with Gasteiger partial charge in [-0.05, 0) is 18.6 Å². The summed E-state index contributed by atoms with van der Waals surface area (Å²) in [5.41, 5.74) is 0.776. The third-order valence-electron chi connectivity index (χ3n) is 2.17. The SMILES string of the molecule is CCC(C#N)CNc1cccc(Cl)c1Cl. The second kappa shape index (κ2) is 5.85. The van der Waals surface area contributed by atoms with Crippen LogP contribution in [-0.4, -0.2) is 6.54 Å². The van der Waals surface area contributed by atoms with Crippen LogP contribution < -0.4 is 5.32 Å². The molecule has 1 N–H and O–H groups in total. The predicted octanol–water partition coefficient (Wildman–Crippen LogP) is 3.96. The van der Waals surface area contributed by atoms with Gasteiger partial charge in [0.15, 0.2) is 0 Å². The van der Waals surface area contributed by atoms with Gasteiger partial charge in [0.25, 0.3) is 0 Å².